The maximum absolute atomic E-state index is 13.1. The maximum atomic E-state index is 13.1. The average molecular weight is 370 g/mol. The van der Waals surface area contributed by atoms with E-state index in [0.717, 1.165) is 56.4 Å². The summed E-state index contributed by atoms with van der Waals surface area (Å²) in [5.41, 5.74) is 2.35. The Bertz CT molecular complexity index is 712. The van der Waals surface area contributed by atoms with E-state index in [-0.39, 0.29) is 18.0 Å². The van der Waals surface area contributed by atoms with E-state index in [0.29, 0.717) is 11.6 Å². The molecule has 1 aromatic rings. The van der Waals surface area contributed by atoms with Crippen molar-refractivity contribution in [3.63, 3.8) is 0 Å². The van der Waals surface area contributed by atoms with Crippen LogP contribution < -0.4 is 10.2 Å². The highest BCUT2D eigenvalue weighted by atomic mass is 16.2. The number of nitrogens with one attached hydrogen (secondary N) is 1. The molecule has 0 bridgehead atoms. The van der Waals surface area contributed by atoms with Gasteiger partial charge in [0.25, 0.3) is 11.8 Å². The SMILES string of the molecule is CCN1c2cc(C(=O)NC3CCCCC3)ccc2C(=O)N2CCCCCC21. The van der Waals surface area contributed by atoms with Crippen LogP contribution >= 0.6 is 0 Å². The van der Waals surface area contributed by atoms with E-state index in [2.05, 4.69) is 17.1 Å². The predicted molar refractivity (Wildman–Crippen MR) is 107 cm³/mol. The third-order valence-electron chi connectivity index (χ3n) is 6.42. The topological polar surface area (TPSA) is 52.7 Å². The molecule has 27 heavy (non-hydrogen) atoms. The monoisotopic (exact) mass is 369 g/mol. The number of hydrogen-bond donors (Lipinski definition) is 1. The Kier molecular flexibility index (Phi) is 5.37. The Hall–Kier alpha value is -2.04. The van der Waals surface area contributed by atoms with E-state index in [1.807, 2.05) is 23.1 Å². The number of hydrogen-bond acceptors (Lipinski definition) is 3. The number of anilines is 1. The van der Waals surface area contributed by atoms with Gasteiger partial charge in [0.05, 0.1) is 11.3 Å². The van der Waals surface area contributed by atoms with Crippen molar-refractivity contribution in [1.29, 1.82) is 0 Å². The summed E-state index contributed by atoms with van der Waals surface area (Å²) in [6.07, 6.45) is 10.4. The van der Waals surface area contributed by atoms with Crippen molar-refractivity contribution in [2.75, 3.05) is 18.0 Å². The molecule has 4 rings (SSSR count). The molecular weight excluding hydrogens is 338 g/mol. The van der Waals surface area contributed by atoms with Gasteiger partial charge in [0.15, 0.2) is 0 Å². The molecule has 2 heterocycles. The van der Waals surface area contributed by atoms with Crippen LogP contribution in [0.5, 0.6) is 0 Å². The second-order valence-corrected chi connectivity index (χ2v) is 8.15. The van der Waals surface area contributed by atoms with Crippen molar-refractivity contribution >= 4 is 17.5 Å². The molecule has 0 radical (unpaired) electrons. The number of fused-ring (bicyclic) bond motifs is 2. The normalized spacial score (nSPS) is 23.4. The molecule has 1 N–H and O–H groups in total. The molecule has 2 aliphatic heterocycles. The Morgan fingerprint density at radius 3 is 2.59 bits per heavy atom. The number of carbonyl (C=O) groups excluding carboxylic acids is 2. The van der Waals surface area contributed by atoms with Gasteiger partial charge in [-0.3, -0.25) is 9.59 Å². The minimum atomic E-state index is -0.00324. The largest absolute Gasteiger partial charge is 0.351 e. The number of rotatable bonds is 3. The first-order valence-corrected chi connectivity index (χ1v) is 10.7. The lowest BCUT2D eigenvalue weighted by Crippen LogP contribution is -2.55. The lowest BCUT2D eigenvalue weighted by atomic mass is 9.95. The highest BCUT2D eigenvalue weighted by molar-refractivity contribution is 6.04. The average Bonchev–Trinajstić information content (AvgIpc) is 2.95. The van der Waals surface area contributed by atoms with E-state index >= 15 is 0 Å². The van der Waals surface area contributed by atoms with Gasteiger partial charge >= 0.3 is 0 Å². The minimum Gasteiger partial charge on any atom is -0.351 e. The summed E-state index contributed by atoms with van der Waals surface area (Å²) in [7, 11) is 0. The lowest BCUT2D eigenvalue weighted by molar-refractivity contribution is 0.0656. The molecule has 1 atom stereocenters. The molecule has 2 fully saturated rings. The first kappa shape index (κ1) is 18.3. The number of carbonyl (C=O) groups is 2. The fraction of sp³-hybridized carbons (Fsp3) is 0.636. The molecule has 2 amide bonds. The molecule has 0 spiro atoms. The van der Waals surface area contributed by atoms with Crippen LogP contribution in [0.15, 0.2) is 18.2 Å². The summed E-state index contributed by atoms with van der Waals surface area (Å²) < 4.78 is 0. The zero-order chi connectivity index (χ0) is 18.8. The van der Waals surface area contributed by atoms with Crippen molar-refractivity contribution in [3.8, 4) is 0 Å². The van der Waals surface area contributed by atoms with Gasteiger partial charge in [-0.1, -0.05) is 25.7 Å². The van der Waals surface area contributed by atoms with Gasteiger partial charge in [-0.15, -0.1) is 0 Å². The van der Waals surface area contributed by atoms with Gasteiger partial charge in [-0.05, 0) is 57.2 Å². The fourth-order valence-electron chi connectivity index (χ4n) is 4.96. The first-order valence-electron chi connectivity index (χ1n) is 10.7. The van der Waals surface area contributed by atoms with E-state index in [9.17, 15) is 9.59 Å². The molecule has 3 aliphatic rings. The van der Waals surface area contributed by atoms with Crippen LogP contribution in [-0.4, -0.2) is 42.0 Å². The third-order valence-corrected chi connectivity index (χ3v) is 6.42. The number of benzene rings is 1. The van der Waals surface area contributed by atoms with Crippen LogP contribution in [0.2, 0.25) is 0 Å². The van der Waals surface area contributed by atoms with Gasteiger partial charge in [-0.2, -0.15) is 0 Å². The molecule has 1 saturated carbocycles. The zero-order valence-electron chi connectivity index (χ0n) is 16.4. The van der Waals surface area contributed by atoms with Gasteiger partial charge in [0.1, 0.15) is 6.17 Å². The maximum Gasteiger partial charge on any atom is 0.257 e. The first-order chi connectivity index (χ1) is 13.2. The van der Waals surface area contributed by atoms with Gasteiger partial charge in [-0.25, -0.2) is 0 Å². The van der Waals surface area contributed by atoms with E-state index in [1.54, 1.807) is 0 Å². The van der Waals surface area contributed by atoms with Crippen molar-refractivity contribution in [2.45, 2.75) is 76.9 Å². The Balaban J connectivity index is 1.61. The van der Waals surface area contributed by atoms with Gasteiger partial charge in [0.2, 0.25) is 0 Å². The molecule has 1 aromatic carbocycles. The number of amides is 2. The van der Waals surface area contributed by atoms with Gasteiger partial charge in [0, 0.05) is 24.7 Å². The van der Waals surface area contributed by atoms with Crippen LogP contribution in [0.3, 0.4) is 0 Å². The standard InChI is InChI=1S/C22H31N3O2/c1-2-24-19-15-16(21(26)23-17-9-5-3-6-10-17)12-13-18(19)22(27)25-14-8-4-7-11-20(24)25/h12-13,15,17,20H,2-11,14H2,1H3,(H,23,26). The summed E-state index contributed by atoms with van der Waals surface area (Å²) in [6.45, 7) is 3.82. The van der Waals surface area contributed by atoms with Crippen molar-refractivity contribution in [3.05, 3.63) is 29.3 Å². The van der Waals surface area contributed by atoms with Crippen molar-refractivity contribution in [1.82, 2.24) is 10.2 Å². The van der Waals surface area contributed by atoms with E-state index in [4.69, 9.17) is 0 Å². The fourth-order valence-corrected chi connectivity index (χ4v) is 4.96. The van der Waals surface area contributed by atoms with Crippen LogP contribution in [-0.2, 0) is 0 Å². The lowest BCUT2D eigenvalue weighted by Gasteiger charge is -2.44. The second kappa shape index (κ2) is 7.91. The summed E-state index contributed by atoms with van der Waals surface area (Å²) in [5.74, 6) is 0.123. The molecule has 146 valence electrons. The highest BCUT2D eigenvalue weighted by Crippen LogP contribution is 2.35. The summed E-state index contributed by atoms with van der Waals surface area (Å²) in [4.78, 5) is 30.2. The van der Waals surface area contributed by atoms with Crippen LogP contribution in [0, 0.1) is 0 Å². The molecular formula is C22H31N3O2. The Morgan fingerprint density at radius 1 is 1.07 bits per heavy atom. The van der Waals surface area contributed by atoms with E-state index in [1.165, 1.54) is 25.7 Å². The molecule has 0 aromatic heterocycles. The Morgan fingerprint density at radius 2 is 1.81 bits per heavy atom. The number of nitrogens with zero attached hydrogens (tertiary/aromatic N) is 2. The molecule has 1 saturated heterocycles. The van der Waals surface area contributed by atoms with Crippen LogP contribution in [0.4, 0.5) is 5.69 Å². The summed E-state index contributed by atoms with van der Waals surface area (Å²) >= 11 is 0. The highest BCUT2D eigenvalue weighted by Gasteiger charge is 2.37. The van der Waals surface area contributed by atoms with Crippen molar-refractivity contribution < 1.29 is 9.59 Å². The summed E-state index contributed by atoms with van der Waals surface area (Å²) in [5, 5.41) is 3.20. The minimum absolute atomic E-state index is 0.00324. The molecule has 1 aliphatic carbocycles. The predicted octanol–water partition coefficient (Wildman–Crippen LogP) is 3.93. The van der Waals surface area contributed by atoms with Crippen molar-refractivity contribution in [2.24, 2.45) is 0 Å². The van der Waals surface area contributed by atoms with E-state index < -0.39 is 0 Å². The van der Waals surface area contributed by atoms with Crippen LogP contribution in [0.25, 0.3) is 0 Å². The third kappa shape index (κ3) is 3.56. The van der Waals surface area contributed by atoms with Crippen LogP contribution in [0.1, 0.15) is 85.4 Å². The smallest absolute Gasteiger partial charge is 0.257 e. The van der Waals surface area contributed by atoms with Gasteiger partial charge < -0.3 is 15.1 Å². The quantitative estimate of drug-likeness (QED) is 0.878. The zero-order valence-corrected chi connectivity index (χ0v) is 16.4. The second-order valence-electron chi connectivity index (χ2n) is 8.15. The molecule has 1 unspecified atom stereocenters. The Labute approximate surface area is 162 Å². The molecule has 5 heteroatoms. The summed E-state index contributed by atoms with van der Waals surface area (Å²) in [6, 6.07) is 5.92. The molecule has 5 nitrogen and oxygen atoms in total.